The number of hydrogen-bond acceptors (Lipinski definition) is 0. The lowest BCUT2D eigenvalue weighted by Crippen LogP contribution is -2.18. The van der Waals surface area contributed by atoms with Crippen LogP contribution in [-0.4, -0.2) is 0 Å². The Bertz CT molecular complexity index is 196. The van der Waals surface area contributed by atoms with Crippen molar-refractivity contribution in [3.05, 3.63) is 0 Å². The third-order valence-electron chi connectivity index (χ3n) is 5.75. The van der Waals surface area contributed by atoms with Gasteiger partial charge in [-0.05, 0) is 17.8 Å². The van der Waals surface area contributed by atoms with Gasteiger partial charge < -0.3 is 0 Å². The van der Waals surface area contributed by atoms with Crippen LogP contribution in [0.3, 0.4) is 0 Å². The predicted octanol–water partition coefficient (Wildman–Crippen LogP) is 6.34. The molecule has 0 aliphatic heterocycles. The molecular formula is C18H34. The minimum absolute atomic E-state index is 1.06. The molecule has 1 unspecified atom stereocenters. The molecule has 2 saturated carbocycles. The molecule has 2 rings (SSSR count). The largest absolute Gasteiger partial charge is 0.0651 e. The molecule has 0 aromatic carbocycles. The first-order valence-corrected chi connectivity index (χ1v) is 8.90. The highest BCUT2D eigenvalue weighted by molar-refractivity contribution is 4.74. The summed E-state index contributed by atoms with van der Waals surface area (Å²) in [7, 11) is 0. The van der Waals surface area contributed by atoms with Gasteiger partial charge in [0.15, 0.2) is 0 Å². The van der Waals surface area contributed by atoms with Crippen LogP contribution in [0.25, 0.3) is 0 Å². The van der Waals surface area contributed by atoms with E-state index in [1.54, 1.807) is 32.1 Å². The molecule has 2 aliphatic rings. The maximum absolute atomic E-state index is 2.43. The van der Waals surface area contributed by atoms with E-state index in [9.17, 15) is 0 Å². The average molecular weight is 250 g/mol. The van der Waals surface area contributed by atoms with E-state index in [-0.39, 0.29) is 0 Å². The van der Waals surface area contributed by atoms with Crippen LogP contribution in [0.4, 0.5) is 0 Å². The summed E-state index contributed by atoms with van der Waals surface area (Å²) in [5.74, 6) is 3.26. The fourth-order valence-electron chi connectivity index (χ4n) is 4.52. The van der Waals surface area contributed by atoms with E-state index in [2.05, 4.69) is 6.92 Å². The van der Waals surface area contributed by atoms with E-state index < -0.39 is 0 Å². The summed E-state index contributed by atoms with van der Waals surface area (Å²) >= 11 is 0. The Labute approximate surface area is 115 Å². The normalized spacial score (nSPS) is 25.2. The average Bonchev–Trinajstić information content (AvgIpc) is 2.46. The standard InChI is InChI=1S/C18H34/c1-2-17(18-13-7-4-8-14-18)15-9-12-16-10-5-3-6-11-16/h16-18H,2-15H2,1H3. The molecule has 18 heavy (non-hydrogen) atoms. The first-order chi connectivity index (χ1) is 8.90. The second kappa shape index (κ2) is 8.23. The smallest absolute Gasteiger partial charge is 0.0386 e. The number of rotatable bonds is 6. The highest BCUT2D eigenvalue weighted by Gasteiger charge is 2.22. The van der Waals surface area contributed by atoms with Crippen LogP contribution in [0.5, 0.6) is 0 Å². The molecule has 0 bridgehead atoms. The summed E-state index contributed by atoms with van der Waals surface area (Å²) in [4.78, 5) is 0. The van der Waals surface area contributed by atoms with Gasteiger partial charge in [0.05, 0.1) is 0 Å². The fraction of sp³-hybridized carbons (Fsp3) is 1.00. The Balaban J connectivity index is 1.63. The summed E-state index contributed by atoms with van der Waals surface area (Å²) in [5.41, 5.74) is 0. The quantitative estimate of drug-likeness (QED) is 0.515. The second-order valence-electron chi connectivity index (χ2n) is 7.00. The minimum Gasteiger partial charge on any atom is -0.0651 e. The Kier molecular flexibility index (Phi) is 6.59. The van der Waals surface area contributed by atoms with Crippen LogP contribution < -0.4 is 0 Å². The first-order valence-electron chi connectivity index (χ1n) is 8.90. The first kappa shape index (κ1) is 14.4. The topological polar surface area (TPSA) is 0 Å². The number of hydrogen-bond donors (Lipinski definition) is 0. The molecule has 2 aliphatic carbocycles. The maximum atomic E-state index is 2.43. The molecule has 0 spiro atoms. The van der Waals surface area contributed by atoms with Gasteiger partial charge in [0.25, 0.3) is 0 Å². The van der Waals surface area contributed by atoms with Gasteiger partial charge >= 0.3 is 0 Å². The molecule has 0 aromatic heterocycles. The zero-order valence-electron chi connectivity index (χ0n) is 12.6. The fourth-order valence-corrected chi connectivity index (χ4v) is 4.52. The Morgan fingerprint density at radius 3 is 2.06 bits per heavy atom. The van der Waals surface area contributed by atoms with Crippen molar-refractivity contribution in [3.8, 4) is 0 Å². The van der Waals surface area contributed by atoms with Crippen LogP contribution in [0.1, 0.15) is 96.8 Å². The Morgan fingerprint density at radius 1 is 0.833 bits per heavy atom. The van der Waals surface area contributed by atoms with Crippen LogP contribution >= 0.6 is 0 Å². The van der Waals surface area contributed by atoms with Gasteiger partial charge in [-0.1, -0.05) is 96.8 Å². The van der Waals surface area contributed by atoms with Crippen molar-refractivity contribution in [2.75, 3.05) is 0 Å². The molecule has 1 atom stereocenters. The third-order valence-corrected chi connectivity index (χ3v) is 5.75. The maximum Gasteiger partial charge on any atom is -0.0386 e. The molecule has 0 heterocycles. The monoisotopic (exact) mass is 250 g/mol. The van der Waals surface area contributed by atoms with E-state index in [4.69, 9.17) is 0 Å². The summed E-state index contributed by atoms with van der Waals surface area (Å²) in [6.45, 7) is 2.43. The SMILES string of the molecule is CCC(CCCC1CCCCC1)C1CCCCC1. The zero-order chi connectivity index (χ0) is 12.6. The van der Waals surface area contributed by atoms with Gasteiger partial charge in [-0.2, -0.15) is 0 Å². The van der Waals surface area contributed by atoms with Crippen molar-refractivity contribution in [2.45, 2.75) is 96.8 Å². The third kappa shape index (κ3) is 4.59. The molecule has 0 N–H and O–H groups in total. The van der Waals surface area contributed by atoms with Crippen molar-refractivity contribution in [3.63, 3.8) is 0 Å². The molecule has 2 fully saturated rings. The van der Waals surface area contributed by atoms with Crippen molar-refractivity contribution in [1.29, 1.82) is 0 Å². The van der Waals surface area contributed by atoms with E-state index in [0.717, 1.165) is 17.8 Å². The van der Waals surface area contributed by atoms with E-state index in [1.807, 2.05) is 0 Å². The van der Waals surface area contributed by atoms with Crippen LogP contribution in [0.15, 0.2) is 0 Å². The summed E-state index contributed by atoms with van der Waals surface area (Å²) in [6, 6.07) is 0. The second-order valence-corrected chi connectivity index (χ2v) is 7.00. The van der Waals surface area contributed by atoms with Gasteiger partial charge in [0.1, 0.15) is 0 Å². The van der Waals surface area contributed by atoms with E-state index >= 15 is 0 Å². The van der Waals surface area contributed by atoms with Gasteiger partial charge in [0, 0.05) is 0 Å². The van der Waals surface area contributed by atoms with Crippen molar-refractivity contribution < 1.29 is 0 Å². The lowest BCUT2D eigenvalue weighted by molar-refractivity contribution is 0.218. The highest BCUT2D eigenvalue weighted by Crippen LogP contribution is 2.35. The molecule has 0 heteroatoms. The van der Waals surface area contributed by atoms with E-state index in [0.29, 0.717) is 0 Å². The summed E-state index contributed by atoms with van der Waals surface area (Å²) in [6.07, 6.45) is 21.3. The Hall–Kier alpha value is 0. The van der Waals surface area contributed by atoms with Crippen molar-refractivity contribution in [2.24, 2.45) is 17.8 Å². The van der Waals surface area contributed by atoms with Crippen molar-refractivity contribution in [1.82, 2.24) is 0 Å². The molecule has 0 amide bonds. The van der Waals surface area contributed by atoms with Crippen LogP contribution in [0.2, 0.25) is 0 Å². The summed E-state index contributed by atoms with van der Waals surface area (Å²) < 4.78 is 0. The molecular weight excluding hydrogens is 216 g/mol. The summed E-state index contributed by atoms with van der Waals surface area (Å²) in [5, 5.41) is 0. The predicted molar refractivity (Wildman–Crippen MR) is 80.8 cm³/mol. The van der Waals surface area contributed by atoms with Crippen LogP contribution in [0, 0.1) is 17.8 Å². The Morgan fingerprint density at radius 2 is 1.44 bits per heavy atom. The molecule has 0 radical (unpaired) electrons. The molecule has 0 aromatic rings. The molecule has 106 valence electrons. The van der Waals surface area contributed by atoms with Gasteiger partial charge in [-0.25, -0.2) is 0 Å². The van der Waals surface area contributed by atoms with Gasteiger partial charge in [-0.3, -0.25) is 0 Å². The lowest BCUT2D eigenvalue weighted by atomic mass is 9.76. The minimum atomic E-state index is 1.06. The highest BCUT2D eigenvalue weighted by atomic mass is 14.3. The molecule has 0 nitrogen and oxygen atoms in total. The van der Waals surface area contributed by atoms with Crippen molar-refractivity contribution >= 4 is 0 Å². The van der Waals surface area contributed by atoms with Gasteiger partial charge in [-0.15, -0.1) is 0 Å². The van der Waals surface area contributed by atoms with Gasteiger partial charge in [0.2, 0.25) is 0 Å². The zero-order valence-corrected chi connectivity index (χ0v) is 12.6. The lowest BCUT2D eigenvalue weighted by Gasteiger charge is -2.30. The van der Waals surface area contributed by atoms with Crippen LogP contribution in [-0.2, 0) is 0 Å². The molecule has 0 saturated heterocycles. The van der Waals surface area contributed by atoms with E-state index in [1.165, 1.54) is 57.8 Å².